The third-order valence-corrected chi connectivity index (χ3v) is 7.68. The van der Waals surface area contributed by atoms with Crippen LogP contribution in [0.25, 0.3) is 21.8 Å². The van der Waals surface area contributed by atoms with Crippen LogP contribution in [0.2, 0.25) is 0 Å². The number of likely N-dealkylation sites (tertiary alicyclic amines) is 2. The molecule has 6 rings (SSSR count). The van der Waals surface area contributed by atoms with Gasteiger partial charge in [-0.15, -0.1) is 0 Å². The Kier molecular flexibility index (Phi) is 9.30. The van der Waals surface area contributed by atoms with Crippen molar-refractivity contribution in [2.24, 2.45) is 0 Å². The predicted molar refractivity (Wildman–Crippen MR) is 161 cm³/mol. The molecule has 2 aromatic heterocycles. The number of aromatic amines is 2. The number of nitrogens with zero attached hydrogens (tertiary/aromatic N) is 5. The van der Waals surface area contributed by atoms with E-state index in [1.165, 1.54) is 57.7 Å². The lowest BCUT2D eigenvalue weighted by atomic mass is 10.1. The molecular formula is C28H40N10O2. The van der Waals surface area contributed by atoms with Gasteiger partial charge in [-0.05, 0) is 76.1 Å². The highest BCUT2D eigenvalue weighted by atomic mass is 16.6. The zero-order chi connectivity index (χ0) is 27.7. The number of rotatable bonds is 9. The Balaban J connectivity index is 0.000000162. The SMILES string of the molecule is Nc1ccc2[nH]nc(NCCN3CCCCC3)c2c1.O=[N+]([O-])c1ccc2[nH]nc(NCCN3CCCCC3)c2c1. The minimum absolute atomic E-state index is 0.0861. The Labute approximate surface area is 233 Å². The molecule has 0 aliphatic carbocycles. The number of aromatic nitrogens is 4. The molecule has 2 saturated heterocycles. The second-order valence-electron chi connectivity index (χ2n) is 10.6. The van der Waals surface area contributed by atoms with Crippen LogP contribution in [-0.4, -0.2) is 87.5 Å². The van der Waals surface area contributed by atoms with Gasteiger partial charge in [0.1, 0.15) is 0 Å². The predicted octanol–water partition coefficient (Wildman–Crippen LogP) is 4.41. The van der Waals surface area contributed by atoms with Crippen LogP contribution < -0.4 is 16.4 Å². The molecule has 2 aliphatic heterocycles. The monoisotopic (exact) mass is 548 g/mol. The summed E-state index contributed by atoms with van der Waals surface area (Å²) >= 11 is 0. The molecule has 4 heterocycles. The third kappa shape index (κ3) is 7.19. The van der Waals surface area contributed by atoms with Crippen molar-refractivity contribution in [3.63, 3.8) is 0 Å². The Morgan fingerprint density at radius 2 is 1.27 bits per heavy atom. The summed E-state index contributed by atoms with van der Waals surface area (Å²) in [4.78, 5) is 15.4. The van der Waals surface area contributed by atoms with Crippen LogP contribution in [0, 0.1) is 10.1 Å². The summed E-state index contributed by atoms with van der Waals surface area (Å²) in [5.74, 6) is 1.59. The lowest BCUT2D eigenvalue weighted by Crippen LogP contribution is -2.33. The normalized spacial score (nSPS) is 16.5. The van der Waals surface area contributed by atoms with E-state index in [-0.39, 0.29) is 10.6 Å². The first-order chi connectivity index (χ1) is 19.6. The average Bonchev–Trinajstić information content (AvgIpc) is 3.58. The Bertz CT molecular complexity index is 1390. The van der Waals surface area contributed by atoms with Crippen LogP contribution in [0.5, 0.6) is 0 Å². The highest BCUT2D eigenvalue weighted by molar-refractivity contribution is 5.92. The molecule has 12 heteroatoms. The zero-order valence-corrected chi connectivity index (χ0v) is 23.0. The zero-order valence-electron chi connectivity index (χ0n) is 23.0. The number of hydrogen-bond donors (Lipinski definition) is 5. The lowest BCUT2D eigenvalue weighted by molar-refractivity contribution is -0.384. The van der Waals surface area contributed by atoms with Gasteiger partial charge in [0.25, 0.3) is 5.69 Å². The van der Waals surface area contributed by atoms with Crippen molar-refractivity contribution in [3.05, 3.63) is 46.5 Å². The molecular weight excluding hydrogens is 508 g/mol. The molecule has 214 valence electrons. The van der Waals surface area contributed by atoms with Gasteiger partial charge < -0.3 is 26.2 Å². The fourth-order valence-electron chi connectivity index (χ4n) is 5.45. The van der Waals surface area contributed by atoms with E-state index < -0.39 is 0 Å². The third-order valence-electron chi connectivity index (χ3n) is 7.68. The lowest BCUT2D eigenvalue weighted by Gasteiger charge is -2.26. The van der Waals surface area contributed by atoms with Crippen molar-refractivity contribution < 1.29 is 4.92 Å². The molecule has 12 nitrogen and oxygen atoms in total. The van der Waals surface area contributed by atoms with Crippen molar-refractivity contribution in [1.82, 2.24) is 30.2 Å². The molecule has 4 aromatic rings. The van der Waals surface area contributed by atoms with E-state index in [9.17, 15) is 10.1 Å². The van der Waals surface area contributed by atoms with Gasteiger partial charge in [-0.3, -0.25) is 20.3 Å². The molecule has 0 unspecified atom stereocenters. The molecule has 0 saturated carbocycles. The van der Waals surface area contributed by atoms with E-state index in [0.29, 0.717) is 5.82 Å². The minimum Gasteiger partial charge on any atom is -0.399 e. The molecule has 2 aliphatic rings. The number of benzene rings is 2. The van der Waals surface area contributed by atoms with Gasteiger partial charge in [0, 0.05) is 49.4 Å². The number of hydrogen-bond acceptors (Lipinski definition) is 9. The minimum atomic E-state index is -0.385. The topological polar surface area (TPSA) is 157 Å². The summed E-state index contributed by atoms with van der Waals surface area (Å²) in [5, 5.41) is 33.8. The largest absolute Gasteiger partial charge is 0.399 e. The van der Waals surface area contributed by atoms with Gasteiger partial charge >= 0.3 is 0 Å². The Hall–Kier alpha value is -3.90. The van der Waals surface area contributed by atoms with Gasteiger partial charge in [-0.25, -0.2) is 0 Å². The number of fused-ring (bicyclic) bond motifs is 2. The van der Waals surface area contributed by atoms with Gasteiger partial charge in [0.15, 0.2) is 11.6 Å². The number of nitrogens with two attached hydrogens (primary N) is 1. The fraction of sp³-hybridized carbons (Fsp3) is 0.500. The van der Waals surface area contributed by atoms with Crippen LogP contribution in [0.4, 0.5) is 23.0 Å². The second-order valence-corrected chi connectivity index (χ2v) is 10.6. The Morgan fingerprint density at radius 3 is 1.80 bits per heavy atom. The van der Waals surface area contributed by atoms with Gasteiger partial charge in [-0.2, -0.15) is 10.2 Å². The first-order valence-electron chi connectivity index (χ1n) is 14.4. The van der Waals surface area contributed by atoms with Crippen LogP contribution in [-0.2, 0) is 0 Å². The molecule has 40 heavy (non-hydrogen) atoms. The number of non-ortho nitro benzene ring substituents is 1. The number of nitrogen functional groups attached to an aromatic ring is 1. The molecule has 0 bridgehead atoms. The first-order valence-corrected chi connectivity index (χ1v) is 14.4. The standard InChI is InChI=1S/C14H19N5O2.C14H21N5/c20-19(21)11-4-5-13-12(10-11)14(17-16-13)15-6-9-18-7-2-1-3-8-18;15-11-4-5-13-12(10-11)14(18-17-13)16-6-9-19-7-2-1-3-8-19/h4-5,10H,1-3,6-9H2,(H2,15,16,17);4-5,10H,1-3,6-9,15H2,(H2,16,17,18). The van der Waals surface area contributed by atoms with E-state index >= 15 is 0 Å². The molecule has 2 aromatic carbocycles. The maximum absolute atomic E-state index is 10.8. The molecule has 6 N–H and O–H groups in total. The van der Waals surface area contributed by atoms with Crippen molar-refractivity contribution in [2.45, 2.75) is 38.5 Å². The summed E-state index contributed by atoms with van der Waals surface area (Å²) < 4.78 is 0. The number of nitrogens with one attached hydrogen (secondary N) is 4. The van der Waals surface area contributed by atoms with E-state index in [0.717, 1.165) is 72.6 Å². The number of H-pyrrole nitrogens is 2. The summed E-state index contributed by atoms with van der Waals surface area (Å²) in [6, 6.07) is 10.5. The van der Waals surface area contributed by atoms with Crippen LogP contribution in [0.15, 0.2) is 36.4 Å². The first kappa shape index (κ1) is 27.7. The number of nitro groups is 1. The highest BCUT2D eigenvalue weighted by Gasteiger charge is 2.13. The summed E-state index contributed by atoms with van der Waals surface area (Å²) in [6.45, 7) is 8.56. The van der Waals surface area contributed by atoms with Gasteiger partial charge in [-0.1, -0.05) is 12.8 Å². The van der Waals surface area contributed by atoms with E-state index in [4.69, 9.17) is 5.73 Å². The van der Waals surface area contributed by atoms with Gasteiger partial charge in [0.05, 0.1) is 21.3 Å². The van der Waals surface area contributed by atoms with Crippen molar-refractivity contribution >= 4 is 44.8 Å². The van der Waals surface area contributed by atoms with E-state index in [1.54, 1.807) is 12.1 Å². The summed E-state index contributed by atoms with van der Waals surface area (Å²) in [7, 11) is 0. The van der Waals surface area contributed by atoms with E-state index in [2.05, 4.69) is 40.8 Å². The number of nitro benzene ring substituents is 1. The van der Waals surface area contributed by atoms with Gasteiger partial charge in [0.2, 0.25) is 0 Å². The maximum atomic E-state index is 10.8. The number of anilines is 3. The summed E-state index contributed by atoms with van der Waals surface area (Å²) in [5.41, 5.74) is 8.51. The summed E-state index contributed by atoms with van der Waals surface area (Å²) in [6.07, 6.45) is 7.93. The highest BCUT2D eigenvalue weighted by Crippen LogP contribution is 2.25. The molecule has 0 atom stereocenters. The van der Waals surface area contributed by atoms with Crippen LogP contribution in [0.3, 0.4) is 0 Å². The number of piperidine rings is 2. The average molecular weight is 549 g/mol. The van der Waals surface area contributed by atoms with Crippen LogP contribution in [0.1, 0.15) is 38.5 Å². The van der Waals surface area contributed by atoms with Crippen molar-refractivity contribution in [2.75, 3.05) is 68.7 Å². The van der Waals surface area contributed by atoms with E-state index in [1.807, 2.05) is 18.2 Å². The Morgan fingerprint density at radius 1 is 0.775 bits per heavy atom. The quantitative estimate of drug-likeness (QED) is 0.116. The molecule has 0 amide bonds. The van der Waals surface area contributed by atoms with Crippen LogP contribution >= 0.6 is 0 Å². The fourth-order valence-corrected chi connectivity index (χ4v) is 5.45. The molecule has 2 fully saturated rings. The second kappa shape index (κ2) is 13.4. The van der Waals surface area contributed by atoms with Crippen molar-refractivity contribution in [1.29, 1.82) is 0 Å². The smallest absolute Gasteiger partial charge is 0.270 e. The molecule has 0 spiro atoms. The van der Waals surface area contributed by atoms with Crippen molar-refractivity contribution in [3.8, 4) is 0 Å². The molecule has 0 radical (unpaired) electrons. The maximum Gasteiger partial charge on any atom is 0.270 e.